The van der Waals surface area contributed by atoms with E-state index < -0.39 is 23.3 Å². The van der Waals surface area contributed by atoms with Crippen molar-refractivity contribution in [1.82, 2.24) is 4.98 Å². The summed E-state index contributed by atoms with van der Waals surface area (Å²) in [6.45, 7) is 1.33. The molecule has 0 N–H and O–H groups in total. The fraction of sp³-hybridized carbons (Fsp3) is 0.182. The maximum Gasteiger partial charge on any atom is 0.339 e. The molecule has 1 saturated heterocycles. The highest BCUT2D eigenvalue weighted by Gasteiger charge is 2.47. The third kappa shape index (κ3) is 5.19. The van der Waals surface area contributed by atoms with Gasteiger partial charge in [0, 0.05) is 28.6 Å². The van der Waals surface area contributed by atoms with Crippen LogP contribution in [0.2, 0.25) is 0 Å². The van der Waals surface area contributed by atoms with Gasteiger partial charge >= 0.3 is 5.97 Å². The van der Waals surface area contributed by atoms with Gasteiger partial charge in [-0.3, -0.25) is 29.4 Å². The molecule has 1 aliphatic carbocycles. The summed E-state index contributed by atoms with van der Waals surface area (Å²) in [6, 6.07) is 19.0. The molecule has 0 saturated carbocycles. The van der Waals surface area contributed by atoms with Crippen molar-refractivity contribution in [3.05, 3.63) is 112 Å². The number of amides is 2. The summed E-state index contributed by atoms with van der Waals surface area (Å²) in [5, 5.41) is 11.4. The molecule has 0 bridgehead atoms. The average Bonchev–Trinajstić information content (AvgIpc) is 3.28. The lowest BCUT2D eigenvalue weighted by Crippen LogP contribution is -2.30. The molecule has 0 radical (unpaired) electrons. The van der Waals surface area contributed by atoms with E-state index in [2.05, 4.69) is 0 Å². The molecule has 2 atom stereocenters. The number of nitrogens with zero attached hydrogens (tertiary/aromatic N) is 3. The Morgan fingerprint density at radius 3 is 2.21 bits per heavy atom. The highest BCUT2D eigenvalue weighted by Crippen LogP contribution is 2.38. The number of aromatic nitrogens is 1. The van der Waals surface area contributed by atoms with Crippen LogP contribution in [0.1, 0.15) is 39.1 Å². The Balaban J connectivity index is 1.26. The summed E-state index contributed by atoms with van der Waals surface area (Å²) in [6.07, 6.45) is 5.01. The molecular weight excluding hydrogens is 550 g/mol. The van der Waals surface area contributed by atoms with Gasteiger partial charge in [-0.2, -0.15) is 0 Å². The summed E-state index contributed by atoms with van der Waals surface area (Å²) in [7, 11) is 0. The lowest BCUT2D eigenvalue weighted by molar-refractivity contribution is -0.384. The predicted molar refractivity (Wildman–Crippen MR) is 157 cm³/mol. The van der Waals surface area contributed by atoms with Crippen molar-refractivity contribution in [2.45, 2.75) is 19.8 Å². The van der Waals surface area contributed by atoms with Crippen LogP contribution in [-0.2, 0) is 14.3 Å². The zero-order valence-corrected chi connectivity index (χ0v) is 23.1. The lowest BCUT2D eigenvalue weighted by Gasteiger charge is -2.15. The molecular formula is C33H25N3O7. The van der Waals surface area contributed by atoms with Gasteiger partial charge in [-0.05, 0) is 62.2 Å². The number of anilines is 1. The molecule has 1 aliphatic heterocycles. The second kappa shape index (κ2) is 11.1. The van der Waals surface area contributed by atoms with Crippen LogP contribution in [0.25, 0.3) is 22.2 Å². The first-order valence-electron chi connectivity index (χ1n) is 13.7. The summed E-state index contributed by atoms with van der Waals surface area (Å²) < 4.78 is 5.38. The number of hydrogen-bond acceptors (Lipinski definition) is 8. The van der Waals surface area contributed by atoms with E-state index in [1.807, 2.05) is 31.2 Å². The minimum absolute atomic E-state index is 0.151. The number of rotatable bonds is 7. The fourth-order valence-electron chi connectivity index (χ4n) is 5.55. The van der Waals surface area contributed by atoms with Crippen molar-refractivity contribution in [2.75, 3.05) is 11.5 Å². The molecule has 2 aliphatic rings. The number of nitro benzene ring substituents is 1. The van der Waals surface area contributed by atoms with Gasteiger partial charge in [-0.25, -0.2) is 9.78 Å². The van der Waals surface area contributed by atoms with E-state index >= 15 is 0 Å². The first-order chi connectivity index (χ1) is 20.7. The Kier molecular flexibility index (Phi) is 7.11. The highest BCUT2D eigenvalue weighted by atomic mass is 16.6. The molecule has 43 heavy (non-hydrogen) atoms. The number of aryl methyl sites for hydroxylation is 1. The molecule has 2 amide bonds. The number of imide groups is 1. The van der Waals surface area contributed by atoms with Gasteiger partial charge in [0.25, 0.3) is 5.69 Å². The van der Waals surface area contributed by atoms with Gasteiger partial charge in [-0.1, -0.05) is 35.9 Å². The molecule has 0 spiro atoms. The number of ether oxygens (including phenoxy) is 1. The van der Waals surface area contributed by atoms with Crippen LogP contribution in [0.15, 0.2) is 84.9 Å². The van der Waals surface area contributed by atoms with E-state index in [1.165, 1.54) is 29.2 Å². The number of pyridine rings is 1. The normalized spacial score (nSPS) is 17.7. The minimum atomic E-state index is -0.726. The Bertz CT molecular complexity index is 1820. The maximum absolute atomic E-state index is 13.3. The monoisotopic (exact) mass is 575 g/mol. The first kappa shape index (κ1) is 27.6. The van der Waals surface area contributed by atoms with Gasteiger partial charge in [0.15, 0.2) is 12.4 Å². The van der Waals surface area contributed by atoms with Crippen molar-refractivity contribution in [3.63, 3.8) is 0 Å². The number of fused-ring (bicyclic) bond motifs is 2. The molecule has 2 heterocycles. The number of non-ortho nitro benzene ring substituents is 1. The SMILES string of the molecule is Cc1ccc2nc(-c3ccc(N4C(=O)[C@H]5CC=CC[C@@H]5C4=O)cc3)cc(C(=O)OCC(=O)c3ccc([N+](=O)[O-])cc3)c2c1. The summed E-state index contributed by atoms with van der Waals surface area (Å²) in [5.41, 5.74) is 3.29. The van der Waals surface area contributed by atoms with Crippen LogP contribution in [0.4, 0.5) is 11.4 Å². The molecule has 10 heteroatoms. The standard InChI is InChI=1S/C33H25N3O7/c1-19-6-15-28-26(16-19)27(33(40)43-18-30(37)21-9-13-23(14-10-21)36(41)42)17-29(34-28)20-7-11-22(12-8-20)35-31(38)24-4-2-3-5-25(24)32(35)39/h2-3,6-17,24-25H,4-5,18H2,1H3/t24-,25-/m0/s1. The van der Waals surface area contributed by atoms with Crippen LogP contribution >= 0.6 is 0 Å². The smallest absolute Gasteiger partial charge is 0.339 e. The third-order valence-electron chi connectivity index (χ3n) is 7.85. The van der Waals surface area contributed by atoms with Gasteiger partial charge in [0.1, 0.15) is 0 Å². The average molecular weight is 576 g/mol. The number of carbonyl (C=O) groups excluding carboxylic acids is 4. The number of carbonyl (C=O) groups is 4. The summed E-state index contributed by atoms with van der Waals surface area (Å²) in [5.74, 6) is -2.28. The van der Waals surface area contributed by atoms with Crippen LogP contribution < -0.4 is 4.90 Å². The number of allylic oxidation sites excluding steroid dienone is 2. The highest BCUT2D eigenvalue weighted by molar-refractivity contribution is 6.22. The zero-order chi connectivity index (χ0) is 30.2. The molecule has 1 aromatic heterocycles. The van der Waals surface area contributed by atoms with Gasteiger partial charge in [0.2, 0.25) is 11.8 Å². The Morgan fingerprint density at radius 2 is 1.58 bits per heavy atom. The van der Waals surface area contributed by atoms with Crippen LogP contribution in [0.5, 0.6) is 0 Å². The van der Waals surface area contributed by atoms with Crippen LogP contribution in [0, 0.1) is 28.9 Å². The van der Waals surface area contributed by atoms with Crippen LogP contribution in [-0.4, -0.2) is 40.1 Å². The van der Waals surface area contributed by atoms with Crippen molar-refractivity contribution in [3.8, 4) is 11.3 Å². The minimum Gasteiger partial charge on any atom is -0.454 e. The molecule has 10 nitrogen and oxygen atoms in total. The number of ketones is 1. The Hall–Kier alpha value is -5.51. The lowest BCUT2D eigenvalue weighted by atomic mass is 9.85. The Labute approximate surface area is 245 Å². The van der Waals surface area contributed by atoms with E-state index in [1.54, 1.807) is 36.4 Å². The topological polar surface area (TPSA) is 137 Å². The largest absolute Gasteiger partial charge is 0.454 e. The van der Waals surface area contributed by atoms with Gasteiger partial charge in [0.05, 0.1) is 39.2 Å². The second-order valence-electron chi connectivity index (χ2n) is 10.6. The van der Waals surface area contributed by atoms with Gasteiger partial charge in [-0.15, -0.1) is 0 Å². The fourth-order valence-corrected chi connectivity index (χ4v) is 5.55. The van der Waals surface area contributed by atoms with E-state index in [4.69, 9.17) is 9.72 Å². The number of Topliss-reactive ketones (excluding diaryl/α,β-unsaturated/α-hetero) is 1. The summed E-state index contributed by atoms with van der Waals surface area (Å²) >= 11 is 0. The number of benzene rings is 3. The van der Waals surface area contributed by atoms with Crippen molar-refractivity contribution < 1.29 is 28.8 Å². The quantitative estimate of drug-likeness (QED) is 0.0692. The molecule has 4 aromatic rings. The summed E-state index contributed by atoms with van der Waals surface area (Å²) in [4.78, 5) is 68.2. The molecule has 3 aromatic carbocycles. The molecule has 1 fully saturated rings. The first-order valence-corrected chi connectivity index (χ1v) is 13.7. The molecule has 214 valence electrons. The van der Waals surface area contributed by atoms with Crippen molar-refractivity contribution in [2.24, 2.45) is 11.8 Å². The van der Waals surface area contributed by atoms with E-state index in [0.29, 0.717) is 40.7 Å². The molecule has 0 unspecified atom stereocenters. The third-order valence-corrected chi connectivity index (χ3v) is 7.85. The zero-order valence-electron chi connectivity index (χ0n) is 23.1. The second-order valence-corrected chi connectivity index (χ2v) is 10.6. The van der Waals surface area contributed by atoms with E-state index in [-0.39, 0.29) is 40.5 Å². The van der Waals surface area contributed by atoms with Crippen molar-refractivity contribution >= 4 is 45.8 Å². The van der Waals surface area contributed by atoms with Crippen molar-refractivity contribution in [1.29, 1.82) is 0 Å². The predicted octanol–water partition coefficient (Wildman–Crippen LogP) is 5.61. The van der Waals surface area contributed by atoms with E-state index in [0.717, 1.165) is 5.56 Å². The number of nitro groups is 1. The number of esters is 1. The van der Waals surface area contributed by atoms with E-state index in [9.17, 15) is 29.3 Å². The number of hydrogen-bond donors (Lipinski definition) is 0. The van der Waals surface area contributed by atoms with Crippen LogP contribution in [0.3, 0.4) is 0 Å². The van der Waals surface area contributed by atoms with Gasteiger partial charge < -0.3 is 4.74 Å². The Morgan fingerprint density at radius 1 is 0.930 bits per heavy atom. The maximum atomic E-state index is 13.3. The molecule has 6 rings (SSSR count).